The van der Waals surface area contributed by atoms with Crippen LogP contribution in [0.4, 0.5) is 11.4 Å². The smallest absolute Gasteiger partial charge is 0.285 e. The zero-order valence-corrected chi connectivity index (χ0v) is 12.0. The fourth-order valence-corrected chi connectivity index (χ4v) is 2.68. The van der Waals surface area contributed by atoms with Crippen LogP contribution in [0.15, 0.2) is 36.4 Å². The van der Waals surface area contributed by atoms with E-state index in [-0.39, 0.29) is 18.2 Å². The molecule has 3 aromatic rings. The van der Waals surface area contributed by atoms with Crippen molar-refractivity contribution in [3.8, 4) is 22.8 Å². The minimum absolute atomic E-state index is 0.142. The summed E-state index contributed by atoms with van der Waals surface area (Å²) in [7, 11) is 0. The van der Waals surface area contributed by atoms with Gasteiger partial charge in [0, 0.05) is 17.3 Å². The number of benzene rings is 2. The van der Waals surface area contributed by atoms with Gasteiger partial charge in [0.15, 0.2) is 11.5 Å². The lowest BCUT2D eigenvalue weighted by atomic mass is 10.1. The minimum Gasteiger partial charge on any atom is -0.454 e. The van der Waals surface area contributed by atoms with Gasteiger partial charge in [-0.25, -0.2) is 0 Å². The molecule has 0 radical (unpaired) electrons. The van der Waals surface area contributed by atoms with Crippen LogP contribution in [0.5, 0.6) is 11.5 Å². The Bertz CT molecular complexity index is 1010. The van der Waals surface area contributed by atoms with E-state index in [4.69, 9.17) is 9.47 Å². The summed E-state index contributed by atoms with van der Waals surface area (Å²) in [5.74, 6) is 1.20. The lowest BCUT2D eigenvalue weighted by molar-refractivity contribution is -0.393. The van der Waals surface area contributed by atoms with Crippen molar-refractivity contribution in [2.75, 3.05) is 6.79 Å². The number of non-ortho nitro benzene ring substituents is 2. The number of hydrogen-bond donors (Lipinski definition) is 1. The van der Waals surface area contributed by atoms with Crippen molar-refractivity contribution in [2.45, 2.75) is 0 Å². The lowest BCUT2D eigenvalue weighted by Gasteiger charge is -2.00. The third kappa shape index (κ3) is 2.10. The highest BCUT2D eigenvalue weighted by molar-refractivity contribution is 5.95. The highest BCUT2D eigenvalue weighted by Gasteiger charge is 2.22. The monoisotopic (exact) mass is 327 g/mol. The molecule has 0 unspecified atom stereocenters. The number of rotatable bonds is 3. The van der Waals surface area contributed by atoms with Crippen molar-refractivity contribution in [3.63, 3.8) is 0 Å². The zero-order valence-electron chi connectivity index (χ0n) is 12.0. The molecule has 120 valence electrons. The minimum atomic E-state index is -0.659. The molecule has 0 spiro atoms. The van der Waals surface area contributed by atoms with Crippen molar-refractivity contribution in [2.24, 2.45) is 0 Å². The number of nitro groups is 2. The predicted molar refractivity (Wildman–Crippen MR) is 83.2 cm³/mol. The third-order valence-electron chi connectivity index (χ3n) is 3.79. The molecule has 1 aromatic heterocycles. The Kier molecular flexibility index (Phi) is 2.89. The highest BCUT2D eigenvalue weighted by Crippen LogP contribution is 2.38. The van der Waals surface area contributed by atoms with E-state index in [0.29, 0.717) is 28.1 Å². The fourth-order valence-electron chi connectivity index (χ4n) is 2.68. The number of fused-ring (bicyclic) bond motifs is 2. The number of ether oxygens (including phenoxy) is 2. The van der Waals surface area contributed by atoms with E-state index in [1.807, 2.05) is 0 Å². The Labute approximate surface area is 133 Å². The molecule has 1 N–H and O–H groups in total. The maximum Gasteiger partial charge on any atom is 0.285 e. The summed E-state index contributed by atoms with van der Waals surface area (Å²) in [5.41, 5.74) is 0.985. The lowest BCUT2D eigenvalue weighted by Crippen LogP contribution is -1.93. The first-order chi connectivity index (χ1) is 11.5. The van der Waals surface area contributed by atoms with E-state index < -0.39 is 9.85 Å². The quantitative estimate of drug-likeness (QED) is 0.581. The van der Waals surface area contributed by atoms with Gasteiger partial charge >= 0.3 is 0 Å². The molecule has 4 rings (SSSR count). The number of aromatic nitrogens is 1. The Morgan fingerprint density at radius 3 is 2.50 bits per heavy atom. The SMILES string of the molecule is O=[N+]([O-])c1cc([N+](=O)[O-])c2cc(-c3ccc4c(c3)OCO4)[nH]c2c1. The summed E-state index contributed by atoms with van der Waals surface area (Å²) >= 11 is 0. The Morgan fingerprint density at radius 1 is 0.958 bits per heavy atom. The molecule has 0 aliphatic carbocycles. The maximum absolute atomic E-state index is 11.2. The van der Waals surface area contributed by atoms with Gasteiger partial charge < -0.3 is 14.5 Å². The van der Waals surface area contributed by atoms with Gasteiger partial charge in [-0.05, 0) is 24.3 Å². The molecule has 1 aliphatic heterocycles. The molecule has 9 nitrogen and oxygen atoms in total. The number of hydrogen-bond acceptors (Lipinski definition) is 6. The van der Waals surface area contributed by atoms with Crippen molar-refractivity contribution < 1.29 is 19.3 Å². The van der Waals surface area contributed by atoms with Gasteiger partial charge in [0.2, 0.25) is 6.79 Å². The van der Waals surface area contributed by atoms with Gasteiger partial charge in [0.25, 0.3) is 11.4 Å². The predicted octanol–water partition coefficient (Wildman–Crippen LogP) is 3.38. The first kappa shape index (κ1) is 14.0. The summed E-state index contributed by atoms with van der Waals surface area (Å²) in [6.45, 7) is 0.142. The number of H-pyrrole nitrogens is 1. The largest absolute Gasteiger partial charge is 0.454 e. The van der Waals surface area contributed by atoms with Crippen LogP contribution in [0.1, 0.15) is 0 Å². The standard InChI is InChI=1S/C15H9N3O6/c19-17(20)9-4-12-10(13(5-9)18(21)22)6-11(16-12)8-1-2-14-15(3-8)24-7-23-14/h1-6,16H,7H2. The van der Waals surface area contributed by atoms with E-state index in [1.165, 1.54) is 6.07 Å². The van der Waals surface area contributed by atoms with Gasteiger partial charge in [-0.2, -0.15) is 0 Å². The second-order valence-corrected chi connectivity index (χ2v) is 5.19. The van der Waals surface area contributed by atoms with Crippen molar-refractivity contribution in [1.29, 1.82) is 0 Å². The molecule has 0 atom stereocenters. The summed E-state index contributed by atoms with van der Waals surface area (Å²) < 4.78 is 10.6. The Morgan fingerprint density at radius 2 is 1.75 bits per heavy atom. The van der Waals surface area contributed by atoms with E-state index in [1.54, 1.807) is 24.3 Å². The molecule has 2 aromatic carbocycles. The van der Waals surface area contributed by atoms with Crippen LogP contribution >= 0.6 is 0 Å². The van der Waals surface area contributed by atoms with Gasteiger partial charge in [0.1, 0.15) is 0 Å². The first-order valence-corrected chi connectivity index (χ1v) is 6.88. The molecule has 2 heterocycles. The van der Waals surface area contributed by atoms with Crippen LogP contribution in [-0.2, 0) is 0 Å². The van der Waals surface area contributed by atoms with Crippen molar-refractivity contribution in [1.82, 2.24) is 4.98 Å². The van der Waals surface area contributed by atoms with Crippen molar-refractivity contribution in [3.05, 3.63) is 56.6 Å². The van der Waals surface area contributed by atoms with E-state index in [9.17, 15) is 20.2 Å². The number of nitrogens with zero attached hydrogens (tertiary/aromatic N) is 2. The second-order valence-electron chi connectivity index (χ2n) is 5.19. The van der Waals surface area contributed by atoms with Crippen LogP contribution in [0.3, 0.4) is 0 Å². The van der Waals surface area contributed by atoms with Gasteiger partial charge in [-0.1, -0.05) is 0 Å². The molecule has 0 amide bonds. The van der Waals surface area contributed by atoms with Gasteiger partial charge in [-0.3, -0.25) is 20.2 Å². The van der Waals surface area contributed by atoms with Crippen molar-refractivity contribution >= 4 is 22.3 Å². The van der Waals surface area contributed by atoms with Gasteiger partial charge in [-0.15, -0.1) is 0 Å². The normalized spacial score (nSPS) is 12.5. The second kappa shape index (κ2) is 4.95. The topological polar surface area (TPSA) is 121 Å². The third-order valence-corrected chi connectivity index (χ3v) is 3.79. The van der Waals surface area contributed by atoms with Crippen LogP contribution < -0.4 is 9.47 Å². The van der Waals surface area contributed by atoms with Crippen LogP contribution in [-0.4, -0.2) is 21.6 Å². The summed E-state index contributed by atoms with van der Waals surface area (Å²) in [6.07, 6.45) is 0. The van der Waals surface area contributed by atoms with Crippen LogP contribution in [0.2, 0.25) is 0 Å². The fraction of sp³-hybridized carbons (Fsp3) is 0.0667. The first-order valence-electron chi connectivity index (χ1n) is 6.88. The zero-order chi connectivity index (χ0) is 16.8. The van der Waals surface area contributed by atoms with E-state index in [0.717, 1.165) is 11.6 Å². The average molecular weight is 327 g/mol. The Hall–Kier alpha value is -3.62. The number of nitrogens with one attached hydrogen (secondary N) is 1. The molecular formula is C15H9N3O6. The molecule has 9 heteroatoms. The molecule has 0 saturated carbocycles. The van der Waals surface area contributed by atoms with E-state index in [2.05, 4.69) is 4.98 Å². The molecule has 24 heavy (non-hydrogen) atoms. The van der Waals surface area contributed by atoms with Gasteiger partial charge in [0.05, 0.1) is 26.8 Å². The van der Waals surface area contributed by atoms with Crippen LogP contribution in [0, 0.1) is 20.2 Å². The summed E-state index contributed by atoms with van der Waals surface area (Å²) in [4.78, 5) is 23.9. The number of aromatic amines is 1. The highest BCUT2D eigenvalue weighted by atomic mass is 16.7. The molecular weight excluding hydrogens is 318 g/mol. The molecule has 1 aliphatic rings. The Balaban J connectivity index is 1.90. The molecule has 0 bridgehead atoms. The molecule has 0 fully saturated rings. The average Bonchev–Trinajstić information content (AvgIpc) is 3.18. The van der Waals surface area contributed by atoms with E-state index >= 15 is 0 Å². The van der Waals surface area contributed by atoms with Crippen LogP contribution in [0.25, 0.3) is 22.2 Å². The molecule has 0 saturated heterocycles. The maximum atomic E-state index is 11.2. The number of nitro benzene ring substituents is 2. The summed E-state index contributed by atoms with van der Waals surface area (Å²) in [6, 6.07) is 9.08. The summed E-state index contributed by atoms with van der Waals surface area (Å²) in [5, 5.41) is 22.5.